The highest BCUT2D eigenvalue weighted by Gasteiger charge is 2.22. The molecule has 1 N–H and O–H groups in total. The minimum absolute atomic E-state index is 0.318. The fourth-order valence-electron chi connectivity index (χ4n) is 3.04. The summed E-state index contributed by atoms with van der Waals surface area (Å²) < 4.78 is 5.21. The number of fused-ring (bicyclic) bond motifs is 1. The highest BCUT2D eigenvalue weighted by molar-refractivity contribution is 7.20. The third-order valence-electron chi connectivity index (χ3n) is 4.40. The van der Waals surface area contributed by atoms with Gasteiger partial charge in [0, 0.05) is 11.3 Å². The first-order valence-electron chi connectivity index (χ1n) is 9.13. The number of hydrogen-bond acceptors (Lipinski definition) is 6. The lowest BCUT2D eigenvalue weighted by atomic mass is 10.1. The second-order valence-corrected chi connectivity index (χ2v) is 7.73. The molecule has 0 saturated carbocycles. The van der Waals surface area contributed by atoms with Crippen molar-refractivity contribution in [2.45, 2.75) is 13.8 Å². The second kappa shape index (κ2) is 8.19. The number of ether oxygens (including phenoxy) is 1. The Bertz CT molecular complexity index is 1190. The monoisotopic (exact) mass is 423 g/mol. The predicted molar refractivity (Wildman–Crippen MR) is 118 cm³/mol. The molecule has 5 nitrogen and oxygen atoms in total. The molecule has 0 aliphatic carbocycles. The average molecular weight is 424 g/mol. The first kappa shape index (κ1) is 19.4. The number of anilines is 2. The number of nitrogens with one attached hydrogen (secondary N) is 1. The van der Waals surface area contributed by atoms with Gasteiger partial charge in [-0.2, -0.15) is 0 Å². The molecule has 0 aliphatic heterocycles. The molecule has 4 aromatic rings. The largest absolute Gasteiger partial charge is 0.462 e. The Kier molecular flexibility index (Phi) is 5.47. The van der Waals surface area contributed by atoms with Gasteiger partial charge < -0.3 is 10.1 Å². The summed E-state index contributed by atoms with van der Waals surface area (Å²) in [5, 5.41) is 4.73. The molecule has 0 saturated heterocycles. The van der Waals surface area contributed by atoms with Crippen molar-refractivity contribution in [2.24, 2.45) is 0 Å². The molecule has 146 valence electrons. The van der Waals surface area contributed by atoms with Gasteiger partial charge in [0.1, 0.15) is 15.5 Å². The molecule has 0 amide bonds. The van der Waals surface area contributed by atoms with Crippen molar-refractivity contribution in [3.05, 3.63) is 70.1 Å². The van der Waals surface area contributed by atoms with Crippen molar-refractivity contribution in [2.75, 3.05) is 11.9 Å². The molecule has 2 heterocycles. The van der Waals surface area contributed by atoms with E-state index in [1.807, 2.05) is 55.5 Å². The SMILES string of the molecule is CCOC(=O)c1sc2nc(-c3ccccc3Cl)nc(Nc3ccccc3)c2c1C. The van der Waals surface area contributed by atoms with Crippen LogP contribution < -0.4 is 5.32 Å². The quantitative estimate of drug-likeness (QED) is 0.385. The Morgan fingerprint density at radius 2 is 1.83 bits per heavy atom. The zero-order valence-corrected chi connectivity index (χ0v) is 17.5. The molecule has 2 aromatic heterocycles. The molecule has 29 heavy (non-hydrogen) atoms. The van der Waals surface area contributed by atoms with Crippen LogP contribution in [0, 0.1) is 6.92 Å². The van der Waals surface area contributed by atoms with Crippen molar-refractivity contribution >= 4 is 50.6 Å². The van der Waals surface area contributed by atoms with Crippen molar-refractivity contribution < 1.29 is 9.53 Å². The van der Waals surface area contributed by atoms with Crippen LogP contribution in [0.5, 0.6) is 0 Å². The number of esters is 1. The first-order valence-corrected chi connectivity index (χ1v) is 10.3. The number of aromatic nitrogens is 2. The van der Waals surface area contributed by atoms with Crippen LogP contribution in [0.25, 0.3) is 21.6 Å². The summed E-state index contributed by atoms with van der Waals surface area (Å²) in [5.41, 5.74) is 2.42. The molecular weight excluding hydrogens is 406 g/mol. The predicted octanol–water partition coefficient (Wildman–Crippen LogP) is 6.24. The summed E-state index contributed by atoms with van der Waals surface area (Å²) in [6.45, 7) is 4.00. The maximum atomic E-state index is 12.4. The maximum absolute atomic E-state index is 12.4. The van der Waals surface area contributed by atoms with Gasteiger partial charge in [-0.25, -0.2) is 14.8 Å². The van der Waals surface area contributed by atoms with Gasteiger partial charge in [0.05, 0.1) is 17.0 Å². The third kappa shape index (κ3) is 3.81. The fraction of sp³-hybridized carbons (Fsp3) is 0.136. The number of carbonyl (C=O) groups is 1. The van der Waals surface area contributed by atoms with Crippen LogP contribution >= 0.6 is 22.9 Å². The van der Waals surface area contributed by atoms with E-state index in [9.17, 15) is 4.79 Å². The Morgan fingerprint density at radius 1 is 1.10 bits per heavy atom. The first-order chi connectivity index (χ1) is 14.1. The van der Waals surface area contributed by atoms with Crippen molar-refractivity contribution in [3.63, 3.8) is 0 Å². The molecule has 0 spiro atoms. The van der Waals surface area contributed by atoms with Crippen LogP contribution in [-0.2, 0) is 4.74 Å². The molecule has 2 aromatic carbocycles. The van der Waals surface area contributed by atoms with E-state index >= 15 is 0 Å². The molecular formula is C22H18ClN3O2S. The minimum Gasteiger partial charge on any atom is -0.462 e. The van der Waals surface area contributed by atoms with E-state index in [4.69, 9.17) is 26.3 Å². The lowest BCUT2D eigenvalue weighted by molar-refractivity contribution is 0.0531. The summed E-state index contributed by atoms with van der Waals surface area (Å²) in [6.07, 6.45) is 0. The third-order valence-corrected chi connectivity index (χ3v) is 5.90. The van der Waals surface area contributed by atoms with Crippen LogP contribution in [0.3, 0.4) is 0 Å². The molecule has 0 aliphatic rings. The van der Waals surface area contributed by atoms with Gasteiger partial charge in [0.25, 0.3) is 0 Å². The molecule has 7 heteroatoms. The van der Waals surface area contributed by atoms with E-state index in [0.717, 1.165) is 22.2 Å². The zero-order chi connectivity index (χ0) is 20.4. The number of benzene rings is 2. The van der Waals surface area contributed by atoms with Crippen LogP contribution in [0.2, 0.25) is 5.02 Å². The summed E-state index contributed by atoms with van der Waals surface area (Å²) >= 11 is 7.68. The van der Waals surface area contributed by atoms with E-state index in [0.29, 0.717) is 33.0 Å². The van der Waals surface area contributed by atoms with Crippen molar-refractivity contribution in [1.82, 2.24) is 9.97 Å². The van der Waals surface area contributed by atoms with Crippen molar-refractivity contribution in [3.8, 4) is 11.4 Å². The van der Waals surface area contributed by atoms with E-state index in [1.165, 1.54) is 11.3 Å². The molecule has 4 rings (SSSR count). The Balaban J connectivity index is 1.93. The van der Waals surface area contributed by atoms with Crippen LogP contribution in [0.15, 0.2) is 54.6 Å². The van der Waals surface area contributed by atoms with Crippen LogP contribution in [-0.4, -0.2) is 22.5 Å². The Labute approximate surface area is 177 Å². The van der Waals surface area contributed by atoms with E-state index in [1.54, 1.807) is 13.0 Å². The summed E-state index contributed by atoms with van der Waals surface area (Å²) in [6, 6.07) is 17.2. The second-order valence-electron chi connectivity index (χ2n) is 6.32. The van der Waals surface area contributed by atoms with Crippen LogP contribution in [0.1, 0.15) is 22.2 Å². The maximum Gasteiger partial charge on any atom is 0.348 e. The number of hydrogen-bond donors (Lipinski definition) is 1. The summed E-state index contributed by atoms with van der Waals surface area (Å²) in [4.78, 5) is 23.1. The lowest BCUT2D eigenvalue weighted by Crippen LogP contribution is -2.04. The minimum atomic E-state index is -0.349. The number of aryl methyl sites for hydroxylation is 1. The van der Waals surface area contributed by atoms with Gasteiger partial charge in [0.2, 0.25) is 0 Å². The van der Waals surface area contributed by atoms with Gasteiger partial charge >= 0.3 is 5.97 Å². The number of halogens is 1. The molecule has 0 fully saturated rings. The molecule has 0 unspecified atom stereocenters. The summed E-state index contributed by atoms with van der Waals surface area (Å²) in [7, 11) is 0. The Hall–Kier alpha value is -2.96. The topological polar surface area (TPSA) is 64.1 Å². The lowest BCUT2D eigenvalue weighted by Gasteiger charge is -2.10. The average Bonchev–Trinajstić information content (AvgIpc) is 3.06. The molecule has 0 bridgehead atoms. The van der Waals surface area contributed by atoms with Gasteiger partial charge in [-0.3, -0.25) is 0 Å². The van der Waals surface area contributed by atoms with Gasteiger partial charge in [-0.05, 0) is 43.7 Å². The number of carbonyl (C=O) groups excluding carboxylic acids is 1. The van der Waals surface area contributed by atoms with Crippen molar-refractivity contribution in [1.29, 1.82) is 0 Å². The number of para-hydroxylation sites is 1. The van der Waals surface area contributed by atoms with E-state index < -0.39 is 0 Å². The van der Waals surface area contributed by atoms with Gasteiger partial charge in [-0.15, -0.1) is 11.3 Å². The highest BCUT2D eigenvalue weighted by Crippen LogP contribution is 2.38. The molecule has 0 atom stereocenters. The highest BCUT2D eigenvalue weighted by atomic mass is 35.5. The number of rotatable bonds is 5. The van der Waals surface area contributed by atoms with Gasteiger partial charge in [0.15, 0.2) is 5.82 Å². The standard InChI is InChI=1S/C22H18ClN3O2S/c1-3-28-22(27)18-13(2)17-20(24-14-9-5-4-6-10-14)25-19(26-21(17)29-18)15-11-7-8-12-16(15)23/h4-12H,3H2,1-2H3,(H,24,25,26). The molecule has 0 radical (unpaired) electrons. The normalized spacial score (nSPS) is 10.9. The summed E-state index contributed by atoms with van der Waals surface area (Å²) in [5.74, 6) is 0.775. The van der Waals surface area contributed by atoms with E-state index in [-0.39, 0.29) is 5.97 Å². The fourth-order valence-corrected chi connectivity index (χ4v) is 4.34. The van der Waals surface area contributed by atoms with E-state index in [2.05, 4.69) is 5.32 Å². The zero-order valence-electron chi connectivity index (χ0n) is 15.9. The number of nitrogens with zero attached hydrogens (tertiary/aromatic N) is 2. The number of thiophene rings is 1. The smallest absolute Gasteiger partial charge is 0.348 e. The Morgan fingerprint density at radius 3 is 2.55 bits per heavy atom. The van der Waals surface area contributed by atoms with Crippen LogP contribution in [0.4, 0.5) is 11.5 Å². The van der Waals surface area contributed by atoms with Gasteiger partial charge in [-0.1, -0.05) is 41.9 Å².